The molecule has 0 N–H and O–H groups in total. The molecular weight excluding hydrogens is 270 g/mol. The maximum absolute atomic E-state index is 5.94. The van der Waals surface area contributed by atoms with Gasteiger partial charge in [0.1, 0.15) is 0 Å². The van der Waals surface area contributed by atoms with Crippen molar-refractivity contribution in [3.8, 4) is 0 Å². The van der Waals surface area contributed by atoms with Crippen molar-refractivity contribution in [1.82, 2.24) is 14.7 Å². The predicted molar refractivity (Wildman–Crippen MR) is 83.9 cm³/mol. The quantitative estimate of drug-likeness (QED) is 0.730. The highest BCUT2D eigenvalue weighted by Crippen LogP contribution is 2.11. The van der Waals surface area contributed by atoms with Crippen molar-refractivity contribution in [2.45, 2.75) is 26.4 Å². The second-order valence-corrected chi connectivity index (χ2v) is 5.37. The molecule has 0 aliphatic carbocycles. The highest BCUT2D eigenvalue weighted by atomic mass is 35.5. The van der Waals surface area contributed by atoms with Gasteiger partial charge in [0.2, 0.25) is 0 Å². The van der Waals surface area contributed by atoms with Gasteiger partial charge in [0.25, 0.3) is 0 Å². The summed E-state index contributed by atoms with van der Waals surface area (Å²) in [6.07, 6.45) is 0.974. The lowest BCUT2D eigenvalue weighted by Gasteiger charge is -2.21. The molecule has 2 aromatic rings. The van der Waals surface area contributed by atoms with Crippen molar-refractivity contribution in [1.29, 1.82) is 0 Å². The molecule has 0 spiro atoms. The molecule has 0 saturated heterocycles. The van der Waals surface area contributed by atoms with Crippen LogP contribution in [0.2, 0.25) is 0 Å². The van der Waals surface area contributed by atoms with Gasteiger partial charge in [0.05, 0.1) is 11.4 Å². The van der Waals surface area contributed by atoms with Crippen molar-refractivity contribution >= 4 is 11.6 Å². The van der Waals surface area contributed by atoms with Crippen LogP contribution in [0.5, 0.6) is 0 Å². The number of hydrogen-bond donors (Lipinski definition) is 0. The maximum Gasteiger partial charge on any atom is 0.0625 e. The van der Waals surface area contributed by atoms with Gasteiger partial charge in [0, 0.05) is 32.6 Å². The Morgan fingerprint density at radius 2 is 1.95 bits per heavy atom. The summed E-state index contributed by atoms with van der Waals surface area (Å²) in [6, 6.07) is 12.7. The second kappa shape index (κ2) is 7.46. The van der Waals surface area contributed by atoms with Crippen LogP contribution in [0.3, 0.4) is 0 Å². The van der Waals surface area contributed by atoms with E-state index < -0.39 is 0 Å². The van der Waals surface area contributed by atoms with E-state index in [2.05, 4.69) is 47.3 Å². The Kier molecular flexibility index (Phi) is 5.62. The Hall–Kier alpha value is -1.32. The van der Waals surface area contributed by atoms with E-state index in [1.165, 1.54) is 11.3 Å². The van der Waals surface area contributed by atoms with E-state index in [-0.39, 0.29) is 0 Å². The van der Waals surface area contributed by atoms with Crippen LogP contribution in [0.25, 0.3) is 0 Å². The highest BCUT2D eigenvalue weighted by Gasteiger charge is 2.10. The van der Waals surface area contributed by atoms with Gasteiger partial charge in [-0.25, -0.2) is 0 Å². The molecule has 20 heavy (non-hydrogen) atoms. The minimum Gasteiger partial charge on any atom is -0.292 e. The summed E-state index contributed by atoms with van der Waals surface area (Å²) >= 11 is 5.94. The molecule has 0 fully saturated rings. The average molecular weight is 292 g/mol. The first-order valence-corrected chi connectivity index (χ1v) is 7.60. The van der Waals surface area contributed by atoms with Gasteiger partial charge in [0.15, 0.2) is 0 Å². The second-order valence-electron chi connectivity index (χ2n) is 4.99. The highest BCUT2D eigenvalue weighted by molar-refractivity contribution is 6.18. The van der Waals surface area contributed by atoms with E-state index in [0.29, 0.717) is 5.88 Å². The lowest BCUT2D eigenvalue weighted by atomic mass is 10.2. The fraction of sp³-hybridized carbons (Fsp3) is 0.438. The van der Waals surface area contributed by atoms with Crippen LogP contribution < -0.4 is 0 Å². The molecule has 0 bridgehead atoms. The maximum atomic E-state index is 5.94. The third kappa shape index (κ3) is 4.09. The summed E-state index contributed by atoms with van der Waals surface area (Å²) in [5.74, 6) is 0.644. The first kappa shape index (κ1) is 15.1. The number of benzene rings is 1. The van der Waals surface area contributed by atoms with Crippen molar-refractivity contribution in [3.63, 3.8) is 0 Å². The molecule has 0 saturated carbocycles. The molecule has 0 aliphatic rings. The molecule has 1 aromatic carbocycles. The molecule has 2 rings (SSSR count). The summed E-state index contributed by atoms with van der Waals surface area (Å²) in [5, 5.41) is 4.51. The minimum absolute atomic E-state index is 0.644. The van der Waals surface area contributed by atoms with E-state index in [1.54, 1.807) is 0 Å². The number of hydrogen-bond acceptors (Lipinski definition) is 2. The van der Waals surface area contributed by atoms with Crippen LogP contribution in [0.1, 0.15) is 23.9 Å². The number of aryl methyl sites for hydroxylation is 2. The van der Waals surface area contributed by atoms with Gasteiger partial charge >= 0.3 is 0 Å². The molecule has 3 nitrogen and oxygen atoms in total. The van der Waals surface area contributed by atoms with Gasteiger partial charge in [-0.3, -0.25) is 9.58 Å². The van der Waals surface area contributed by atoms with Crippen LogP contribution in [0.4, 0.5) is 0 Å². The number of nitrogens with zero attached hydrogens (tertiary/aromatic N) is 3. The monoisotopic (exact) mass is 291 g/mol. The van der Waals surface area contributed by atoms with Gasteiger partial charge in [-0.05, 0) is 18.1 Å². The van der Waals surface area contributed by atoms with E-state index in [1.807, 2.05) is 17.8 Å². The zero-order chi connectivity index (χ0) is 14.4. The standard InChI is InChI=1S/C16H22ClN3/c1-3-15-11-16(19(2)18-15)13-20(10-9-17)12-14-7-5-4-6-8-14/h4-8,11H,3,9-10,12-13H2,1-2H3. The van der Waals surface area contributed by atoms with Gasteiger partial charge in [-0.15, -0.1) is 11.6 Å². The van der Waals surface area contributed by atoms with E-state index >= 15 is 0 Å². The zero-order valence-electron chi connectivity index (χ0n) is 12.2. The Morgan fingerprint density at radius 1 is 1.20 bits per heavy atom. The van der Waals surface area contributed by atoms with E-state index in [0.717, 1.165) is 31.7 Å². The number of rotatable bonds is 7. The van der Waals surface area contributed by atoms with Crippen molar-refractivity contribution in [2.24, 2.45) is 7.05 Å². The molecule has 0 radical (unpaired) electrons. The predicted octanol–water partition coefficient (Wildman–Crippen LogP) is 3.22. The lowest BCUT2D eigenvalue weighted by molar-refractivity contribution is 0.265. The van der Waals surface area contributed by atoms with Crippen molar-refractivity contribution in [2.75, 3.05) is 12.4 Å². The third-order valence-corrected chi connectivity index (χ3v) is 3.59. The van der Waals surface area contributed by atoms with Gasteiger partial charge in [-0.1, -0.05) is 37.3 Å². The average Bonchev–Trinajstić information content (AvgIpc) is 2.81. The van der Waals surface area contributed by atoms with Crippen LogP contribution >= 0.6 is 11.6 Å². The SMILES string of the molecule is CCc1cc(CN(CCCl)Cc2ccccc2)n(C)n1. The molecule has 0 unspecified atom stereocenters. The fourth-order valence-corrected chi connectivity index (χ4v) is 2.54. The van der Waals surface area contributed by atoms with Crippen molar-refractivity contribution < 1.29 is 0 Å². The molecule has 1 heterocycles. The summed E-state index contributed by atoms with van der Waals surface area (Å²) in [6.45, 7) is 4.81. The first-order valence-electron chi connectivity index (χ1n) is 7.07. The fourth-order valence-electron chi connectivity index (χ4n) is 2.30. The molecule has 0 amide bonds. The zero-order valence-corrected chi connectivity index (χ0v) is 13.0. The molecule has 4 heteroatoms. The number of aromatic nitrogens is 2. The third-order valence-electron chi connectivity index (χ3n) is 3.42. The molecule has 0 atom stereocenters. The van der Waals surface area contributed by atoms with Crippen LogP contribution in [-0.2, 0) is 26.6 Å². The normalized spacial score (nSPS) is 11.2. The smallest absolute Gasteiger partial charge is 0.0625 e. The minimum atomic E-state index is 0.644. The van der Waals surface area contributed by atoms with Gasteiger partial charge in [-0.2, -0.15) is 5.10 Å². The lowest BCUT2D eigenvalue weighted by Crippen LogP contribution is -2.26. The Labute approximate surface area is 126 Å². The Bertz CT molecular complexity index is 522. The first-order chi connectivity index (χ1) is 9.72. The largest absolute Gasteiger partial charge is 0.292 e. The summed E-state index contributed by atoms with van der Waals surface area (Å²) in [5.41, 5.74) is 3.70. The van der Waals surface area contributed by atoms with Crippen LogP contribution in [0.15, 0.2) is 36.4 Å². The van der Waals surface area contributed by atoms with Crippen LogP contribution in [0, 0.1) is 0 Å². The molecule has 1 aromatic heterocycles. The van der Waals surface area contributed by atoms with E-state index in [9.17, 15) is 0 Å². The van der Waals surface area contributed by atoms with Crippen molar-refractivity contribution in [3.05, 3.63) is 53.3 Å². The summed E-state index contributed by atoms with van der Waals surface area (Å²) in [7, 11) is 2.01. The molecular formula is C16H22ClN3. The van der Waals surface area contributed by atoms with Gasteiger partial charge < -0.3 is 0 Å². The Morgan fingerprint density at radius 3 is 2.55 bits per heavy atom. The number of alkyl halides is 1. The topological polar surface area (TPSA) is 21.1 Å². The van der Waals surface area contributed by atoms with Crippen LogP contribution in [-0.4, -0.2) is 27.1 Å². The Balaban J connectivity index is 2.06. The van der Waals surface area contributed by atoms with E-state index in [4.69, 9.17) is 11.6 Å². The molecule has 108 valence electrons. The summed E-state index contributed by atoms with van der Waals surface area (Å²) in [4.78, 5) is 2.36. The number of halogens is 1. The summed E-state index contributed by atoms with van der Waals surface area (Å²) < 4.78 is 1.98. The molecule has 0 aliphatic heterocycles.